The Bertz CT molecular complexity index is 342. The summed E-state index contributed by atoms with van der Waals surface area (Å²) < 4.78 is 23.0. The van der Waals surface area contributed by atoms with Gasteiger partial charge in [-0.3, -0.25) is 4.90 Å². The molecule has 2 aliphatic heterocycles. The Morgan fingerprint density at radius 1 is 1.21 bits per heavy atom. The van der Waals surface area contributed by atoms with Crippen LogP contribution in [0.3, 0.4) is 0 Å². The largest absolute Gasteiger partial charge is 0.297 e. The molecule has 2 saturated heterocycles. The predicted octanol–water partition coefficient (Wildman–Crippen LogP) is 1.05. The van der Waals surface area contributed by atoms with Crippen molar-refractivity contribution >= 4 is 9.84 Å². The van der Waals surface area contributed by atoms with Gasteiger partial charge in [0.2, 0.25) is 0 Å². The summed E-state index contributed by atoms with van der Waals surface area (Å²) >= 11 is 0. The zero-order chi connectivity index (χ0) is 10.6. The van der Waals surface area contributed by atoms with E-state index in [-0.39, 0.29) is 10.3 Å². The third-order valence-corrected chi connectivity index (χ3v) is 6.35. The van der Waals surface area contributed by atoms with E-state index in [0.29, 0.717) is 5.75 Å². The standard InChI is InChI=1S/C10H19NO2S/c1-9(2,3)11-6-4-10(8-11)5-7-14(10,12)13/h4-8H2,1-3H3. The molecule has 82 valence electrons. The van der Waals surface area contributed by atoms with Crippen LogP contribution in [0, 0.1) is 0 Å². The molecular formula is C10H19NO2S. The quantitative estimate of drug-likeness (QED) is 0.608. The highest BCUT2D eigenvalue weighted by Crippen LogP contribution is 2.43. The van der Waals surface area contributed by atoms with E-state index in [9.17, 15) is 8.42 Å². The first-order valence-corrected chi connectivity index (χ1v) is 6.90. The maximum Gasteiger partial charge on any atom is 0.157 e. The average Bonchev–Trinajstić information content (AvgIpc) is 2.47. The molecule has 0 aliphatic carbocycles. The topological polar surface area (TPSA) is 37.4 Å². The van der Waals surface area contributed by atoms with E-state index in [2.05, 4.69) is 25.7 Å². The first-order valence-electron chi connectivity index (χ1n) is 5.24. The summed E-state index contributed by atoms with van der Waals surface area (Å²) in [5, 5.41) is 0. The molecule has 1 unspecified atom stereocenters. The van der Waals surface area contributed by atoms with Crippen molar-refractivity contribution in [2.45, 2.75) is 43.9 Å². The molecule has 0 saturated carbocycles. The van der Waals surface area contributed by atoms with Crippen LogP contribution >= 0.6 is 0 Å². The first-order chi connectivity index (χ1) is 6.27. The van der Waals surface area contributed by atoms with Gasteiger partial charge in [-0.2, -0.15) is 0 Å². The van der Waals surface area contributed by atoms with Crippen molar-refractivity contribution in [1.82, 2.24) is 4.90 Å². The molecule has 4 heteroatoms. The fourth-order valence-corrected chi connectivity index (χ4v) is 4.30. The highest BCUT2D eigenvalue weighted by atomic mass is 32.2. The molecular weight excluding hydrogens is 198 g/mol. The third kappa shape index (κ3) is 1.31. The fourth-order valence-electron chi connectivity index (χ4n) is 2.43. The Labute approximate surface area is 86.4 Å². The Morgan fingerprint density at radius 2 is 1.86 bits per heavy atom. The monoisotopic (exact) mass is 217 g/mol. The SMILES string of the molecule is CC(C)(C)N1CCC2(CCS2(=O)=O)C1. The Morgan fingerprint density at radius 3 is 2.07 bits per heavy atom. The van der Waals surface area contributed by atoms with Gasteiger partial charge in [0.05, 0.1) is 10.5 Å². The zero-order valence-corrected chi connectivity index (χ0v) is 10.0. The lowest BCUT2D eigenvalue weighted by Crippen LogP contribution is -2.54. The van der Waals surface area contributed by atoms with Crippen LogP contribution in [-0.2, 0) is 9.84 Å². The predicted molar refractivity (Wildman–Crippen MR) is 57.1 cm³/mol. The molecule has 3 nitrogen and oxygen atoms in total. The molecule has 2 heterocycles. The summed E-state index contributed by atoms with van der Waals surface area (Å²) in [4.78, 5) is 2.30. The molecule has 1 spiro atoms. The number of likely N-dealkylation sites (tertiary alicyclic amines) is 1. The van der Waals surface area contributed by atoms with E-state index in [4.69, 9.17) is 0 Å². The molecule has 2 rings (SSSR count). The van der Waals surface area contributed by atoms with Crippen LogP contribution in [0.4, 0.5) is 0 Å². The molecule has 0 bridgehead atoms. The van der Waals surface area contributed by atoms with Crippen molar-refractivity contribution in [2.75, 3.05) is 18.8 Å². The maximum absolute atomic E-state index is 11.7. The maximum atomic E-state index is 11.7. The highest BCUT2D eigenvalue weighted by Gasteiger charge is 2.56. The second-order valence-corrected chi connectivity index (χ2v) is 8.10. The van der Waals surface area contributed by atoms with Gasteiger partial charge >= 0.3 is 0 Å². The number of sulfone groups is 1. The van der Waals surface area contributed by atoms with Crippen molar-refractivity contribution in [3.8, 4) is 0 Å². The molecule has 2 aliphatic rings. The van der Waals surface area contributed by atoms with Gasteiger partial charge < -0.3 is 0 Å². The molecule has 0 radical (unpaired) electrons. The van der Waals surface area contributed by atoms with Crippen LogP contribution in [-0.4, -0.2) is 42.4 Å². The van der Waals surface area contributed by atoms with Crippen LogP contribution in [0.1, 0.15) is 33.6 Å². The second-order valence-electron chi connectivity index (χ2n) is 5.59. The van der Waals surface area contributed by atoms with E-state index in [1.807, 2.05) is 0 Å². The van der Waals surface area contributed by atoms with Crippen LogP contribution < -0.4 is 0 Å². The summed E-state index contributed by atoms with van der Waals surface area (Å²) in [6.45, 7) is 8.13. The molecule has 2 fully saturated rings. The minimum Gasteiger partial charge on any atom is -0.297 e. The highest BCUT2D eigenvalue weighted by molar-refractivity contribution is 7.94. The lowest BCUT2D eigenvalue weighted by Gasteiger charge is -2.39. The molecule has 0 aromatic heterocycles. The smallest absolute Gasteiger partial charge is 0.157 e. The summed E-state index contributed by atoms with van der Waals surface area (Å²) in [5.74, 6) is 0.408. The lowest BCUT2D eigenvalue weighted by molar-refractivity contribution is 0.168. The van der Waals surface area contributed by atoms with Gasteiger partial charge in [0.1, 0.15) is 0 Å². The Kier molecular flexibility index (Phi) is 2.03. The summed E-state index contributed by atoms with van der Waals surface area (Å²) in [6.07, 6.45) is 1.72. The summed E-state index contributed by atoms with van der Waals surface area (Å²) in [6, 6.07) is 0. The van der Waals surface area contributed by atoms with Crippen molar-refractivity contribution in [3.63, 3.8) is 0 Å². The molecule has 14 heavy (non-hydrogen) atoms. The lowest BCUT2D eigenvalue weighted by atomic mass is 10.0. The van der Waals surface area contributed by atoms with Crippen molar-refractivity contribution < 1.29 is 8.42 Å². The number of hydrogen-bond acceptors (Lipinski definition) is 3. The summed E-state index contributed by atoms with van der Waals surface area (Å²) in [5.41, 5.74) is 0.106. The molecule has 0 aromatic rings. The minimum absolute atomic E-state index is 0.106. The first kappa shape index (κ1) is 10.4. The molecule has 0 amide bonds. The van der Waals surface area contributed by atoms with Crippen LogP contribution in [0.2, 0.25) is 0 Å². The van der Waals surface area contributed by atoms with Gasteiger partial charge in [0.25, 0.3) is 0 Å². The Balaban J connectivity index is 2.17. The van der Waals surface area contributed by atoms with Crippen LogP contribution in [0.25, 0.3) is 0 Å². The van der Waals surface area contributed by atoms with Crippen molar-refractivity contribution in [2.24, 2.45) is 0 Å². The van der Waals surface area contributed by atoms with Gasteiger partial charge in [-0.1, -0.05) is 0 Å². The Hall–Kier alpha value is -0.0900. The van der Waals surface area contributed by atoms with Gasteiger partial charge in [-0.25, -0.2) is 8.42 Å². The minimum atomic E-state index is -2.76. The van der Waals surface area contributed by atoms with Gasteiger partial charge in [0.15, 0.2) is 9.84 Å². The van der Waals surface area contributed by atoms with Gasteiger partial charge in [-0.15, -0.1) is 0 Å². The second kappa shape index (κ2) is 2.73. The normalized spacial score (nSPS) is 37.4. The van der Waals surface area contributed by atoms with Crippen LogP contribution in [0.15, 0.2) is 0 Å². The van der Waals surface area contributed by atoms with E-state index in [1.165, 1.54) is 0 Å². The zero-order valence-electron chi connectivity index (χ0n) is 9.21. The number of rotatable bonds is 0. The number of hydrogen-bond donors (Lipinski definition) is 0. The average molecular weight is 217 g/mol. The van der Waals surface area contributed by atoms with Crippen molar-refractivity contribution in [1.29, 1.82) is 0 Å². The van der Waals surface area contributed by atoms with E-state index in [0.717, 1.165) is 25.9 Å². The van der Waals surface area contributed by atoms with E-state index in [1.54, 1.807) is 0 Å². The van der Waals surface area contributed by atoms with E-state index < -0.39 is 9.84 Å². The van der Waals surface area contributed by atoms with Crippen molar-refractivity contribution in [3.05, 3.63) is 0 Å². The van der Waals surface area contributed by atoms with Crippen LogP contribution in [0.5, 0.6) is 0 Å². The fraction of sp³-hybridized carbons (Fsp3) is 1.00. The summed E-state index contributed by atoms with van der Waals surface area (Å²) in [7, 11) is -2.76. The van der Waals surface area contributed by atoms with Gasteiger partial charge in [0, 0.05) is 18.6 Å². The molecule has 0 aromatic carbocycles. The third-order valence-electron chi connectivity index (χ3n) is 3.75. The molecule has 1 atom stereocenters. The molecule has 0 N–H and O–H groups in total. The van der Waals surface area contributed by atoms with E-state index >= 15 is 0 Å². The number of nitrogens with zero attached hydrogens (tertiary/aromatic N) is 1. The van der Waals surface area contributed by atoms with Gasteiger partial charge in [-0.05, 0) is 33.6 Å².